The van der Waals surface area contributed by atoms with Crippen LogP contribution < -0.4 is 10.1 Å². The van der Waals surface area contributed by atoms with Gasteiger partial charge < -0.3 is 10.1 Å². The fourth-order valence-electron chi connectivity index (χ4n) is 3.55. The van der Waals surface area contributed by atoms with E-state index in [0.29, 0.717) is 24.0 Å². The minimum atomic E-state index is 0.0728. The van der Waals surface area contributed by atoms with Crippen LogP contribution in [0.1, 0.15) is 24.0 Å². The molecule has 0 unspecified atom stereocenters. The number of nitrogens with one attached hydrogen (secondary N) is 1. The number of nitrogens with zero attached hydrogens (tertiary/aromatic N) is 1. The molecule has 27 heavy (non-hydrogen) atoms. The zero-order valence-electron chi connectivity index (χ0n) is 15.8. The maximum atomic E-state index is 12.2. The van der Waals surface area contributed by atoms with Gasteiger partial charge in [-0.25, -0.2) is 0 Å². The summed E-state index contributed by atoms with van der Waals surface area (Å²) in [5.41, 5.74) is 2.38. The smallest absolute Gasteiger partial charge is 0.234 e. The maximum absolute atomic E-state index is 12.2. The molecule has 0 aliphatic carbocycles. The Bertz CT molecular complexity index is 740. The largest absolute Gasteiger partial charge is 0.497 e. The molecule has 0 bridgehead atoms. The van der Waals surface area contributed by atoms with Gasteiger partial charge >= 0.3 is 0 Å². The first-order valence-corrected chi connectivity index (χ1v) is 9.86. The highest BCUT2D eigenvalue weighted by molar-refractivity contribution is 6.30. The third-order valence-electron chi connectivity index (χ3n) is 5.14. The van der Waals surface area contributed by atoms with E-state index in [-0.39, 0.29) is 5.91 Å². The Morgan fingerprint density at radius 1 is 1.15 bits per heavy atom. The molecule has 0 aromatic heterocycles. The Hall–Kier alpha value is -2.04. The van der Waals surface area contributed by atoms with Crippen LogP contribution in [0.3, 0.4) is 0 Å². The molecule has 2 aromatic carbocycles. The highest BCUT2D eigenvalue weighted by Crippen LogP contribution is 2.22. The van der Waals surface area contributed by atoms with Crippen molar-refractivity contribution < 1.29 is 9.53 Å². The molecule has 1 fully saturated rings. The average Bonchev–Trinajstić information content (AvgIpc) is 2.69. The van der Waals surface area contributed by atoms with E-state index < -0.39 is 0 Å². The monoisotopic (exact) mass is 386 g/mol. The van der Waals surface area contributed by atoms with Crippen LogP contribution in [0.4, 0.5) is 0 Å². The van der Waals surface area contributed by atoms with Gasteiger partial charge in [-0.1, -0.05) is 35.9 Å². The molecule has 0 saturated carbocycles. The van der Waals surface area contributed by atoms with Crippen LogP contribution in [-0.4, -0.2) is 37.6 Å². The van der Waals surface area contributed by atoms with E-state index in [1.807, 2.05) is 36.4 Å². The van der Waals surface area contributed by atoms with Crippen molar-refractivity contribution in [2.24, 2.45) is 5.92 Å². The fraction of sp³-hybridized carbons (Fsp3) is 0.409. The first kappa shape index (κ1) is 19.7. The number of rotatable bonds is 7. The Morgan fingerprint density at radius 2 is 1.89 bits per heavy atom. The molecule has 1 saturated heterocycles. The van der Waals surface area contributed by atoms with Crippen molar-refractivity contribution in [1.82, 2.24) is 10.2 Å². The first-order valence-electron chi connectivity index (χ1n) is 9.49. The summed E-state index contributed by atoms with van der Waals surface area (Å²) < 4.78 is 5.21. The number of piperidine rings is 1. The van der Waals surface area contributed by atoms with E-state index in [4.69, 9.17) is 16.3 Å². The SMILES string of the molecule is COc1ccc(CC2CCN(CC(=O)NCc3cccc(Cl)c3)CC2)cc1. The van der Waals surface area contributed by atoms with Crippen LogP contribution in [0.2, 0.25) is 5.02 Å². The Balaban J connectivity index is 1.37. The highest BCUT2D eigenvalue weighted by Gasteiger charge is 2.21. The number of amides is 1. The van der Waals surface area contributed by atoms with Crippen molar-refractivity contribution in [3.8, 4) is 5.75 Å². The van der Waals surface area contributed by atoms with Gasteiger partial charge in [0.25, 0.3) is 0 Å². The van der Waals surface area contributed by atoms with Gasteiger partial charge in [-0.2, -0.15) is 0 Å². The predicted molar refractivity (Wildman–Crippen MR) is 109 cm³/mol. The average molecular weight is 387 g/mol. The second-order valence-corrected chi connectivity index (χ2v) is 7.61. The number of halogens is 1. The normalized spacial score (nSPS) is 15.5. The Morgan fingerprint density at radius 3 is 2.56 bits per heavy atom. The number of ether oxygens (including phenoxy) is 1. The van der Waals surface area contributed by atoms with E-state index >= 15 is 0 Å². The number of carbonyl (C=O) groups excluding carboxylic acids is 1. The Kier molecular flexibility index (Phi) is 7.13. The lowest BCUT2D eigenvalue weighted by atomic mass is 9.90. The molecule has 1 aliphatic rings. The van der Waals surface area contributed by atoms with Crippen molar-refractivity contribution in [3.05, 3.63) is 64.7 Å². The van der Waals surface area contributed by atoms with Gasteiger partial charge in [0.15, 0.2) is 0 Å². The van der Waals surface area contributed by atoms with Crippen LogP contribution in [0.25, 0.3) is 0 Å². The minimum absolute atomic E-state index is 0.0728. The van der Waals surface area contributed by atoms with Crippen LogP contribution in [0.15, 0.2) is 48.5 Å². The zero-order valence-corrected chi connectivity index (χ0v) is 16.5. The van der Waals surface area contributed by atoms with Gasteiger partial charge in [0.1, 0.15) is 5.75 Å². The predicted octanol–water partition coefficient (Wildman–Crippen LogP) is 3.92. The topological polar surface area (TPSA) is 41.6 Å². The lowest BCUT2D eigenvalue weighted by Crippen LogP contribution is -2.41. The Labute approximate surface area is 166 Å². The van der Waals surface area contributed by atoms with Crippen LogP contribution in [0, 0.1) is 5.92 Å². The second kappa shape index (κ2) is 9.77. The molecule has 0 atom stereocenters. The summed E-state index contributed by atoms with van der Waals surface area (Å²) >= 11 is 5.98. The van der Waals surface area contributed by atoms with Crippen molar-refractivity contribution in [3.63, 3.8) is 0 Å². The van der Waals surface area contributed by atoms with Gasteiger partial charge in [-0.05, 0) is 73.7 Å². The van der Waals surface area contributed by atoms with Gasteiger partial charge in [-0.15, -0.1) is 0 Å². The summed E-state index contributed by atoms with van der Waals surface area (Å²) in [5.74, 6) is 1.66. The summed E-state index contributed by atoms with van der Waals surface area (Å²) in [6, 6.07) is 15.9. The van der Waals surface area contributed by atoms with Gasteiger partial charge in [0.05, 0.1) is 13.7 Å². The molecule has 3 rings (SSSR count). The van der Waals surface area contributed by atoms with Crippen LogP contribution >= 0.6 is 11.6 Å². The summed E-state index contributed by atoms with van der Waals surface area (Å²) in [6.07, 6.45) is 3.36. The number of hydrogen-bond donors (Lipinski definition) is 1. The third kappa shape index (κ3) is 6.26. The molecule has 0 radical (unpaired) electrons. The number of benzene rings is 2. The van der Waals surface area contributed by atoms with E-state index in [9.17, 15) is 4.79 Å². The minimum Gasteiger partial charge on any atom is -0.497 e. The molecule has 1 aliphatic heterocycles. The molecule has 2 aromatic rings. The van der Waals surface area contributed by atoms with Crippen molar-refractivity contribution >= 4 is 17.5 Å². The van der Waals surface area contributed by atoms with E-state index in [0.717, 1.165) is 43.7 Å². The molecule has 1 N–H and O–H groups in total. The zero-order chi connectivity index (χ0) is 19.1. The summed E-state index contributed by atoms with van der Waals surface area (Å²) in [4.78, 5) is 14.5. The second-order valence-electron chi connectivity index (χ2n) is 7.18. The van der Waals surface area contributed by atoms with E-state index in [2.05, 4.69) is 22.3 Å². The van der Waals surface area contributed by atoms with Crippen molar-refractivity contribution in [2.75, 3.05) is 26.7 Å². The molecule has 1 heterocycles. The van der Waals surface area contributed by atoms with E-state index in [1.165, 1.54) is 5.56 Å². The molecular weight excluding hydrogens is 360 g/mol. The third-order valence-corrected chi connectivity index (χ3v) is 5.37. The summed E-state index contributed by atoms with van der Waals surface area (Å²) in [7, 11) is 1.69. The maximum Gasteiger partial charge on any atom is 0.234 e. The summed E-state index contributed by atoms with van der Waals surface area (Å²) in [5, 5.41) is 3.68. The van der Waals surface area contributed by atoms with Gasteiger partial charge in [-0.3, -0.25) is 9.69 Å². The molecular formula is C22H27ClN2O2. The van der Waals surface area contributed by atoms with Gasteiger partial charge in [0, 0.05) is 11.6 Å². The lowest BCUT2D eigenvalue weighted by molar-refractivity contribution is -0.122. The number of methoxy groups -OCH3 is 1. The van der Waals surface area contributed by atoms with Crippen LogP contribution in [-0.2, 0) is 17.8 Å². The molecule has 4 nitrogen and oxygen atoms in total. The fourth-order valence-corrected chi connectivity index (χ4v) is 3.76. The van der Waals surface area contributed by atoms with Crippen LogP contribution in [0.5, 0.6) is 5.75 Å². The molecule has 0 spiro atoms. The van der Waals surface area contributed by atoms with Crippen molar-refractivity contribution in [2.45, 2.75) is 25.8 Å². The standard InChI is InChI=1S/C22H27ClN2O2/c1-27-21-7-5-17(6-8-21)13-18-9-11-25(12-10-18)16-22(26)24-15-19-3-2-4-20(23)14-19/h2-8,14,18H,9-13,15-16H2,1H3,(H,24,26). The van der Waals surface area contributed by atoms with Crippen molar-refractivity contribution in [1.29, 1.82) is 0 Å². The number of hydrogen-bond acceptors (Lipinski definition) is 3. The first-order chi connectivity index (χ1) is 13.1. The summed E-state index contributed by atoms with van der Waals surface area (Å²) in [6.45, 7) is 2.94. The molecule has 144 valence electrons. The van der Waals surface area contributed by atoms with E-state index in [1.54, 1.807) is 7.11 Å². The highest BCUT2D eigenvalue weighted by atomic mass is 35.5. The molecule has 5 heteroatoms. The van der Waals surface area contributed by atoms with Gasteiger partial charge in [0.2, 0.25) is 5.91 Å². The quantitative estimate of drug-likeness (QED) is 0.784. The number of likely N-dealkylation sites (tertiary alicyclic amines) is 1. The molecule has 1 amide bonds. The lowest BCUT2D eigenvalue weighted by Gasteiger charge is -2.31. The number of carbonyl (C=O) groups is 1.